The number of pyridine rings is 6. The number of hydrogen-bond donors (Lipinski definition) is 0. The van der Waals surface area contributed by atoms with Gasteiger partial charge in [0.25, 0.3) is 0 Å². The highest BCUT2D eigenvalue weighted by Gasteiger charge is 2.23. The number of benzene rings is 6. The minimum absolute atomic E-state index is 0.717. The van der Waals surface area contributed by atoms with E-state index >= 15 is 0 Å². The van der Waals surface area contributed by atoms with Crippen LogP contribution in [0, 0.1) is 0 Å². The van der Waals surface area contributed by atoms with Crippen molar-refractivity contribution < 1.29 is 13.3 Å². The van der Waals surface area contributed by atoms with Gasteiger partial charge in [-0.05, 0) is 60.7 Å². The lowest BCUT2D eigenvalue weighted by Crippen LogP contribution is -1.97. The van der Waals surface area contributed by atoms with Gasteiger partial charge < -0.3 is 13.3 Å². The Bertz CT molecular complexity index is 5500. The van der Waals surface area contributed by atoms with E-state index in [1.54, 1.807) is 0 Å². The van der Waals surface area contributed by atoms with Gasteiger partial charge in [0.1, 0.15) is 44.5 Å². The molecule has 0 spiro atoms. The van der Waals surface area contributed by atoms with Crippen molar-refractivity contribution in [2.45, 2.75) is 0 Å². The van der Waals surface area contributed by atoms with Gasteiger partial charge in [0.15, 0.2) is 22.5 Å². The van der Waals surface area contributed by atoms with Crippen molar-refractivity contribution in [2.75, 3.05) is 0 Å². The molecule has 72 heavy (non-hydrogen) atoms. The summed E-state index contributed by atoms with van der Waals surface area (Å²) < 4.78 is 26.0. The Labute approximate surface area is 402 Å². The number of aromatic nitrogens is 9. The van der Waals surface area contributed by atoms with Crippen molar-refractivity contribution in [3.63, 3.8) is 0 Å². The molecular formula is C60H29N9O3. The first-order valence-electron chi connectivity index (χ1n) is 23.7. The van der Waals surface area contributed by atoms with Crippen LogP contribution in [-0.2, 0) is 0 Å². The van der Waals surface area contributed by atoms with E-state index in [1.807, 2.05) is 97.8 Å². The molecule has 0 aliphatic heterocycles. The van der Waals surface area contributed by atoms with Crippen molar-refractivity contribution in [3.8, 4) is 22.5 Å². The molecule has 12 nitrogen and oxygen atoms in total. The molecule has 0 aliphatic rings. The van der Waals surface area contributed by atoms with E-state index in [1.165, 1.54) is 0 Å². The molecule has 332 valence electrons. The topological polar surface area (TPSA) is 130 Å². The summed E-state index contributed by atoms with van der Waals surface area (Å²) in [6, 6.07) is 46.1. The predicted octanol–water partition coefficient (Wildman–Crippen LogP) is 14.8. The first-order valence-corrected chi connectivity index (χ1v) is 23.7. The number of imidazole rings is 3. The molecule has 0 unspecified atom stereocenters. The highest BCUT2D eigenvalue weighted by molar-refractivity contribution is 6.23. The highest BCUT2D eigenvalue weighted by atomic mass is 16.3. The van der Waals surface area contributed by atoms with E-state index in [4.69, 9.17) is 43.2 Å². The van der Waals surface area contributed by atoms with Crippen LogP contribution < -0.4 is 0 Å². The average Bonchev–Trinajstić information content (AvgIpc) is 4.31. The molecule has 0 aliphatic carbocycles. The van der Waals surface area contributed by atoms with Crippen LogP contribution in [0.5, 0.6) is 0 Å². The fourth-order valence-corrected chi connectivity index (χ4v) is 11.8. The van der Waals surface area contributed by atoms with Gasteiger partial charge in [-0.25, -0.2) is 15.0 Å². The number of furan rings is 3. The van der Waals surface area contributed by atoms with Gasteiger partial charge >= 0.3 is 0 Å². The number of nitrogens with zero attached hydrogens (tertiary/aromatic N) is 9. The van der Waals surface area contributed by atoms with E-state index in [0.29, 0.717) is 0 Å². The van der Waals surface area contributed by atoms with Crippen molar-refractivity contribution in [1.29, 1.82) is 0 Å². The molecule has 0 bridgehead atoms. The Morgan fingerprint density at radius 3 is 1.86 bits per heavy atom. The van der Waals surface area contributed by atoms with Crippen LogP contribution in [0.3, 0.4) is 0 Å². The molecule has 0 saturated carbocycles. The van der Waals surface area contributed by atoms with Gasteiger partial charge in [0.05, 0.1) is 34.1 Å². The number of para-hydroxylation sites is 3. The van der Waals surface area contributed by atoms with Gasteiger partial charge in [-0.2, -0.15) is 0 Å². The number of rotatable bonds is 2. The van der Waals surface area contributed by atoms with Crippen LogP contribution >= 0.6 is 0 Å². The molecule has 18 rings (SSSR count). The lowest BCUT2D eigenvalue weighted by Gasteiger charge is -2.13. The monoisotopic (exact) mass is 923 g/mol. The Morgan fingerprint density at radius 2 is 1.03 bits per heavy atom. The Kier molecular flexibility index (Phi) is 6.59. The van der Waals surface area contributed by atoms with E-state index in [0.717, 1.165) is 171 Å². The smallest absolute Gasteiger partial charge is 0.164 e. The van der Waals surface area contributed by atoms with Gasteiger partial charge in [-0.3, -0.25) is 28.2 Å². The quantitative estimate of drug-likeness (QED) is 0.156. The zero-order valence-corrected chi connectivity index (χ0v) is 37.5. The summed E-state index contributed by atoms with van der Waals surface area (Å²) in [5, 5.41) is 12.2. The molecule has 0 atom stereocenters. The number of hydrogen-bond acceptors (Lipinski definition) is 9. The minimum atomic E-state index is 0.717. The van der Waals surface area contributed by atoms with E-state index in [2.05, 4.69) is 92.2 Å². The first kappa shape index (κ1) is 36.8. The summed E-state index contributed by atoms with van der Waals surface area (Å²) >= 11 is 0. The van der Waals surface area contributed by atoms with Crippen LogP contribution in [0.1, 0.15) is 0 Å². The third-order valence-electron chi connectivity index (χ3n) is 15.0. The Morgan fingerprint density at radius 1 is 0.375 bits per heavy atom. The second kappa shape index (κ2) is 12.9. The second-order valence-corrected chi connectivity index (χ2v) is 18.7. The summed E-state index contributed by atoms with van der Waals surface area (Å²) in [6.07, 6.45) is 13.5. The molecule has 12 heteroatoms. The predicted molar refractivity (Wildman–Crippen MR) is 284 cm³/mol. The summed E-state index contributed by atoms with van der Waals surface area (Å²) in [4.78, 5) is 30.6. The van der Waals surface area contributed by atoms with Crippen molar-refractivity contribution >= 4 is 148 Å². The second-order valence-electron chi connectivity index (χ2n) is 18.7. The van der Waals surface area contributed by atoms with Crippen molar-refractivity contribution in [3.05, 3.63) is 177 Å². The maximum Gasteiger partial charge on any atom is 0.164 e. The molecule has 0 amide bonds. The summed E-state index contributed by atoms with van der Waals surface area (Å²) in [5.74, 6) is 0. The van der Waals surface area contributed by atoms with Gasteiger partial charge in [0, 0.05) is 119 Å². The standard InChI is InChI=1S/C60H29N9O3/c1-6-14-50-32(8-1)37-16-15-36-42-21-31(27-64-54(42)58-62-18-19-67(58)56(36)57(37)72-50)47-28-65-59-55-43(39-24-51-41(23-46(39)69(47)59)34-10-3-5-13-49(34)70-51)20-30(26-63-55)44-29-68-45-25-52-40(33-9-2-4-12-48(33)71-52)22-38(45)35-11-7-17-61-53(35)60(68)66-44/h1-29H. The molecule has 6 aromatic carbocycles. The molecular weight excluding hydrogens is 895 g/mol. The SMILES string of the molecule is c1ccc2c(c1)oc1cc3c(cc12)c1cccnc1c1nc(-c2cnc4c(c2)c2cc5oc6ccccc6c5cc2n2c(-c5cnc6c(c5)c5ccc7c8ccccc8oc7c5n5ccnc65)cnc42)cn31. The lowest BCUT2D eigenvalue weighted by molar-refractivity contribution is 0.669. The molecule has 0 radical (unpaired) electrons. The fourth-order valence-electron chi connectivity index (χ4n) is 11.8. The van der Waals surface area contributed by atoms with Crippen LogP contribution in [-0.4, -0.2) is 43.1 Å². The highest BCUT2D eigenvalue weighted by Crippen LogP contribution is 2.43. The van der Waals surface area contributed by atoms with Gasteiger partial charge in [-0.1, -0.05) is 66.7 Å². The average molecular weight is 924 g/mol. The number of fused-ring (bicyclic) bond motifs is 28. The molecule has 12 heterocycles. The van der Waals surface area contributed by atoms with E-state index in [9.17, 15) is 0 Å². The third kappa shape index (κ3) is 4.61. The van der Waals surface area contributed by atoms with Crippen LogP contribution in [0.2, 0.25) is 0 Å². The van der Waals surface area contributed by atoms with Crippen LogP contribution in [0.25, 0.3) is 171 Å². The van der Waals surface area contributed by atoms with Crippen molar-refractivity contribution in [2.24, 2.45) is 0 Å². The maximum absolute atomic E-state index is 6.60. The molecule has 18 aromatic rings. The third-order valence-corrected chi connectivity index (χ3v) is 15.0. The normalized spacial score (nSPS) is 12.7. The summed E-state index contributed by atoms with van der Waals surface area (Å²) in [6.45, 7) is 0. The fraction of sp³-hybridized carbons (Fsp3) is 0. The van der Waals surface area contributed by atoms with Crippen LogP contribution in [0.15, 0.2) is 190 Å². The Hall–Kier alpha value is -10.2. The zero-order valence-electron chi connectivity index (χ0n) is 37.5. The summed E-state index contributed by atoms with van der Waals surface area (Å²) in [5.41, 5.74) is 15.7. The molecule has 0 fully saturated rings. The van der Waals surface area contributed by atoms with Gasteiger partial charge in [0.2, 0.25) is 0 Å². The lowest BCUT2D eigenvalue weighted by atomic mass is 10.0. The summed E-state index contributed by atoms with van der Waals surface area (Å²) in [7, 11) is 0. The zero-order chi connectivity index (χ0) is 46.5. The maximum atomic E-state index is 6.60. The largest absolute Gasteiger partial charge is 0.456 e. The first-order chi connectivity index (χ1) is 35.7. The van der Waals surface area contributed by atoms with Gasteiger partial charge in [-0.15, -0.1) is 0 Å². The van der Waals surface area contributed by atoms with Crippen molar-refractivity contribution in [1.82, 2.24) is 43.1 Å². The Balaban J connectivity index is 0.891. The minimum Gasteiger partial charge on any atom is -0.456 e. The molecule has 0 N–H and O–H groups in total. The van der Waals surface area contributed by atoms with E-state index < -0.39 is 0 Å². The van der Waals surface area contributed by atoms with E-state index in [-0.39, 0.29) is 0 Å². The molecule has 12 aromatic heterocycles. The molecule has 0 saturated heterocycles. The van der Waals surface area contributed by atoms with Crippen LogP contribution in [0.4, 0.5) is 0 Å².